The average molecular weight is 297 g/mol. The molecule has 1 atom stereocenters. The van der Waals surface area contributed by atoms with Crippen molar-refractivity contribution in [2.45, 2.75) is 20.0 Å². The Labute approximate surface area is 130 Å². The van der Waals surface area contributed by atoms with Crippen LogP contribution in [0.5, 0.6) is 0 Å². The second kappa shape index (κ2) is 7.13. The molecule has 2 aromatic carbocycles. The van der Waals surface area contributed by atoms with Crippen molar-refractivity contribution in [3.8, 4) is 11.8 Å². The zero-order valence-corrected chi connectivity index (χ0v) is 12.9. The van der Waals surface area contributed by atoms with Gasteiger partial charge in [-0.05, 0) is 43.7 Å². The van der Waals surface area contributed by atoms with E-state index in [-0.39, 0.29) is 0 Å². The Morgan fingerprint density at radius 1 is 1.10 bits per heavy atom. The number of hydrogen-bond donors (Lipinski definition) is 1. The zero-order valence-electron chi connectivity index (χ0n) is 12.1. The molecule has 2 aromatic rings. The molecular weight excluding hydrogens is 280 g/mol. The fraction of sp³-hybridized carbons (Fsp3) is 0.158. The third-order valence-corrected chi connectivity index (χ3v) is 3.17. The van der Waals surface area contributed by atoms with Gasteiger partial charge in [-0.3, -0.25) is 0 Å². The summed E-state index contributed by atoms with van der Waals surface area (Å²) < 4.78 is 0. The largest absolute Gasteiger partial charge is 0.384 e. The molecule has 2 heteroatoms. The molecule has 0 heterocycles. The standard InChI is InChI=1S/C19H17ClO/c1-14(2)12-19(21)18-9-4-3-7-16(18)11-10-15-6-5-8-17(20)13-15/h3-9,12-13,19,21H,1-2H3. The molecule has 1 unspecified atom stereocenters. The van der Waals surface area contributed by atoms with Crippen LogP contribution in [0, 0.1) is 11.8 Å². The van der Waals surface area contributed by atoms with Gasteiger partial charge < -0.3 is 5.11 Å². The van der Waals surface area contributed by atoms with Gasteiger partial charge in [0, 0.05) is 16.1 Å². The van der Waals surface area contributed by atoms with Crippen LogP contribution in [0.4, 0.5) is 0 Å². The van der Waals surface area contributed by atoms with E-state index in [1.165, 1.54) is 0 Å². The zero-order chi connectivity index (χ0) is 15.2. The van der Waals surface area contributed by atoms with E-state index in [1.807, 2.05) is 68.5 Å². The molecule has 106 valence electrons. The molecule has 0 saturated carbocycles. The first kappa shape index (κ1) is 15.4. The van der Waals surface area contributed by atoms with Crippen LogP contribution < -0.4 is 0 Å². The quantitative estimate of drug-likeness (QED) is 0.627. The summed E-state index contributed by atoms with van der Waals surface area (Å²) in [4.78, 5) is 0. The Morgan fingerprint density at radius 3 is 2.57 bits per heavy atom. The minimum absolute atomic E-state index is 0.639. The Balaban J connectivity index is 2.36. The Morgan fingerprint density at radius 2 is 1.86 bits per heavy atom. The third kappa shape index (κ3) is 4.49. The van der Waals surface area contributed by atoms with Gasteiger partial charge >= 0.3 is 0 Å². The van der Waals surface area contributed by atoms with Crippen LogP contribution in [0.3, 0.4) is 0 Å². The summed E-state index contributed by atoms with van der Waals surface area (Å²) in [6, 6.07) is 15.1. The third-order valence-electron chi connectivity index (χ3n) is 2.94. The Hall–Kier alpha value is -2.01. The van der Waals surface area contributed by atoms with Crippen molar-refractivity contribution in [1.82, 2.24) is 0 Å². The fourth-order valence-electron chi connectivity index (χ4n) is 1.98. The summed E-state index contributed by atoms with van der Waals surface area (Å²) in [6.45, 7) is 3.92. The van der Waals surface area contributed by atoms with Crippen molar-refractivity contribution in [3.05, 3.63) is 81.9 Å². The molecular formula is C19H17ClO. The van der Waals surface area contributed by atoms with E-state index in [2.05, 4.69) is 11.8 Å². The molecule has 0 amide bonds. The smallest absolute Gasteiger partial charge is 0.0986 e. The van der Waals surface area contributed by atoms with Gasteiger partial charge in [0.2, 0.25) is 0 Å². The lowest BCUT2D eigenvalue weighted by molar-refractivity contribution is 0.227. The van der Waals surface area contributed by atoms with E-state index in [4.69, 9.17) is 11.6 Å². The lowest BCUT2D eigenvalue weighted by Gasteiger charge is -2.09. The van der Waals surface area contributed by atoms with Crippen molar-refractivity contribution >= 4 is 11.6 Å². The minimum Gasteiger partial charge on any atom is -0.384 e. The molecule has 0 aromatic heterocycles. The van der Waals surface area contributed by atoms with Crippen LogP contribution in [0.15, 0.2) is 60.2 Å². The first-order chi connectivity index (χ1) is 10.1. The molecule has 1 N–H and O–H groups in total. The predicted octanol–water partition coefficient (Wildman–Crippen LogP) is 4.74. The fourth-order valence-corrected chi connectivity index (χ4v) is 2.17. The van der Waals surface area contributed by atoms with Crippen molar-refractivity contribution in [2.75, 3.05) is 0 Å². The Kier molecular flexibility index (Phi) is 5.22. The maximum atomic E-state index is 10.2. The average Bonchev–Trinajstić information content (AvgIpc) is 2.45. The maximum absolute atomic E-state index is 10.2. The van der Waals surface area contributed by atoms with Crippen LogP contribution in [0.1, 0.15) is 36.6 Å². The van der Waals surface area contributed by atoms with E-state index < -0.39 is 6.10 Å². The molecule has 0 bridgehead atoms. The van der Waals surface area contributed by atoms with Gasteiger partial charge in [-0.1, -0.05) is 59.4 Å². The first-order valence-electron chi connectivity index (χ1n) is 6.76. The Bertz CT molecular complexity index is 716. The lowest BCUT2D eigenvalue weighted by atomic mass is 10.0. The van der Waals surface area contributed by atoms with E-state index >= 15 is 0 Å². The molecule has 0 spiro atoms. The van der Waals surface area contributed by atoms with Crippen LogP contribution in [-0.2, 0) is 0 Å². The first-order valence-corrected chi connectivity index (χ1v) is 7.13. The SMILES string of the molecule is CC(C)=CC(O)c1ccccc1C#Cc1cccc(Cl)c1. The predicted molar refractivity (Wildman–Crippen MR) is 88.3 cm³/mol. The maximum Gasteiger partial charge on any atom is 0.0986 e. The van der Waals surface area contributed by atoms with E-state index in [9.17, 15) is 5.11 Å². The highest BCUT2D eigenvalue weighted by atomic mass is 35.5. The highest BCUT2D eigenvalue weighted by molar-refractivity contribution is 6.30. The molecule has 0 aliphatic rings. The molecule has 0 radical (unpaired) electrons. The monoisotopic (exact) mass is 296 g/mol. The van der Waals surface area contributed by atoms with Gasteiger partial charge in [-0.2, -0.15) is 0 Å². The topological polar surface area (TPSA) is 20.2 Å². The highest BCUT2D eigenvalue weighted by Gasteiger charge is 2.07. The molecule has 0 aliphatic heterocycles. The number of halogens is 1. The minimum atomic E-state index is -0.639. The van der Waals surface area contributed by atoms with Gasteiger partial charge in [0.15, 0.2) is 0 Å². The summed E-state index contributed by atoms with van der Waals surface area (Å²) >= 11 is 5.95. The van der Waals surface area contributed by atoms with E-state index in [0.29, 0.717) is 5.02 Å². The number of hydrogen-bond acceptors (Lipinski definition) is 1. The summed E-state index contributed by atoms with van der Waals surface area (Å²) in [6.07, 6.45) is 1.18. The van der Waals surface area contributed by atoms with Crippen LogP contribution in [0.25, 0.3) is 0 Å². The summed E-state index contributed by atoms with van der Waals surface area (Å²) in [5.74, 6) is 6.20. The molecule has 2 rings (SSSR count). The summed E-state index contributed by atoms with van der Waals surface area (Å²) in [5.41, 5.74) is 3.56. The molecule has 0 fully saturated rings. The van der Waals surface area contributed by atoms with Gasteiger partial charge in [-0.25, -0.2) is 0 Å². The normalized spacial score (nSPS) is 11.2. The van der Waals surface area contributed by atoms with Crippen molar-refractivity contribution in [2.24, 2.45) is 0 Å². The second-order valence-electron chi connectivity index (χ2n) is 5.04. The van der Waals surface area contributed by atoms with Gasteiger partial charge in [0.25, 0.3) is 0 Å². The van der Waals surface area contributed by atoms with Crippen LogP contribution in [-0.4, -0.2) is 5.11 Å². The number of aliphatic hydroxyl groups is 1. The lowest BCUT2D eigenvalue weighted by Crippen LogP contribution is -1.97. The van der Waals surface area contributed by atoms with Gasteiger partial charge in [-0.15, -0.1) is 0 Å². The molecule has 21 heavy (non-hydrogen) atoms. The number of benzene rings is 2. The molecule has 1 nitrogen and oxygen atoms in total. The van der Waals surface area contributed by atoms with Crippen molar-refractivity contribution in [3.63, 3.8) is 0 Å². The number of allylic oxidation sites excluding steroid dienone is 1. The van der Waals surface area contributed by atoms with Crippen LogP contribution >= 0.6 is 11.6 Å². The number of rotatable bonds is 2. The molecule has 0 aliphatic carbocycles. The van der Waals surface area contributed by atoms with E-state index in [1.54, 1.807) is 0 Å². The van der Waals surface area contributed by atoms with Crippen LogP contribution in [0.2, 0.25) is 5.02 Å². The van der Waals surface area contributed by atoms with E-state index in [0.717, 1.165) is 22.3 Å². The highest BCUT2D eigenvalue weighted by Crippen LogP contribution is 2.20. The van der Waals surface area contributed by atoms with Crippen molar-refractivity contribution in [1.29, 1.82) is 0 Å². The van der Waals surface area contributed by atoms with Gasteiger partial charge in [0.1, 0.15) is 0 Å². The van der Waals surface area contributed by atoms with Gasteiger partial charge in [0.05, 0.1) is 6.10 Å². The molecule has 0 saturated heterocycles. The van der Waals surface area contributed by atoms with Crippen molar-refractivity contribution < 1.29 is 5.11 Å². The number of aliphatic hydroxyl groups excluding tert-OH is 1. The summed E-state index contributed by atoms with van der Waals surface area (Å²) in [5, 5.41) is 10.9. The summed E-state index contributed by atoms with van der Waals surface area (Å²) in [7, 11) is 0. The second-order valence-corrected chi connectivity index (χ2v) is 5.47.